The zero-order valence-corrected chi connectivity index (χ0v) is 13.9. The first-order valence-electron chi connectivity index (χ1n) is 8.41. The highest BCUT2D eigenvalue weighted by molar-refractivity contribution is 5.81. The van der Waals surface area contributed by atoms with Gasteiger partial charge in [0.15, 0.2) is 0 Å². The number of pyridine rings is 1. The van der Waals surface area contributed by atoms with Gasteiger partial charge in [-0.05, 0) is 11.6 Å². The molecule has 1 amide bonds. The summed E-state index contributed by atoms with van der Waals surface area (Å²) in [6.07, 6.45) is 3.56. The summed E-state index contributed by atoms with van der Waals surface area (Å²) >= 11 is 0. The van der Waals surface area contributed by atoms with Crippen LogP contribution < -0.4 is 5.32 Å². The molecule has 0 aliphatic carbocycles. The number of carbonyl (C=O) groups excluding carboxylic acids is 1. The van der Waals surface area contributed by atoms with E-state index in [9.17, 15) is 4.79 Å². The maximum atomic E-state index is 11.8. The van der Waals surface area contributed by atoms with Gasteiger partial charge in [0.1, 0.15) is 0 Å². The maximum absolute atomic E-state index is 11.8. The van der Waals surface area contributed by atoms with Crippen molar-refractivity contribution in [3.63, 3.8) is 0 Å². The van der Waals surface area contributed by atoms with E-state index in [1.807, 2.05) is 12.3 Å². The van der Waals surface area contributed by atoms with Crippen LogP contribution in [0.3, 0.4) is 0 Å². The van der Waals surface area contributed by atoms with Gasteiger partial charge in [-0.25, -0.2) is 0 Å². The van der Waals surface area contributed by atoms with Crippen molar-refractivity contribution in [3.8, 4) is 0 Å². The molecule has 2 aromatic rings. The standard InChI is InChI=1S/C19H24N4O/c1-2-8-20-18(24)15-23-12-10-22(11-13-23)14-17-6-3-5-16-7-4-9-21-19(16)17/h2-7,9H,1,8,10-15H2,(H,20,24). The zero-order valence-electron chi connectivity index (χ0n) is 13.9. The molecule has 1 fully saturated rings. The molecule has 1 saturated heterocycles. The average Bonchev–Trinajstić information content (AvgIpc) is 2.62. The van der Waals surface area contributed by atoms with Crippen molar-refractivity contribution in [2.45, 2.75) is 6.54 Å². The minimum Gasteiger partial charge on any atom is -0.352 e. The lowest BCUT2D eigenvalue weighted by Gasteiger charge is -2.34. The van der Waals surface area contributed by atoms with E-state index in [0.29, 0.717) is 13.1 Å². The van der Waals surface area contributed by atoms with Gasteiger partial charge in [0, 0.05) is 50.9 Å². The van der Waals surface area contributed by atoms with Gasteiger partial charge in [-0.2, -0.15) is 0 Å². The van der Waals surface area contributed by atoms with Crippen molar-refractivity contribution >= 4 is 16.8 Å². The number of hydrogen-bond acceptors (Lipinski definition) is 4. The van der Waals surface area contributed by atoms with Gasteiger partial charge < -0.3 is 5.32 Å². The third-order valence-electron chi connectivity index (χ3n) is 4.39. The third-order valence-corrected chi connectivity index (χ3v) is 4.39. The molecule has 0 saturated carbocycles. The minimum atomic E-state index is 0.0709. The number of nitrogens with one attached hydrogen (secondary N) is 1. The largest absolute Gasteiger partial charge is 0.352 e. The van der Waals surface area contributed by atoms with Gasteiger partial charge in [-0.15, -0.1) is 6.58 Å². The van der Waals surface area contributed by atoms with Gasteiger partial charge in [-0.3, -0.25) is 19.6 Å². The van der Waals surface area contributed by atoms with Gasteiger partial charge >= 0.3 is 0 Å². The molecule has 0 atom stereocenters. The van der Waals surface area contributed by atoms with E-state index in [-0.39, 0.29) is 5.91 Å². The molecule has 1 aliphatic rings. The molecular formula is C19H24N4O. The van der Waals surface area contributed by atoms with Crippen LogP contribution in [0.25, 0.3) is 10.9 Å². The quantitative estimate of drug-likeness (QED) is 0.821. The number of benzene rings is 1. The van der Waals surface area contributed by atoms with Crippen molar-refractivity contribution in [3.05, 3.63) is 54.7 Å². The second kappa shape index (κ2) is 8.04. The number of carbonyl (C=O) groups is 1. The Kier molecular flexibility index (Phi) is 5.56. The Morgan fingerprint density at radius 2 is 1.92 bits per heavy atom. The molecule has 0 bridgehead atoms. The first-order valence-corrected chi connectivity index (χ1v) is 8.41. The number of para-hydroxylation sites is 1. The highest BCUT2D eigenvalue weighted by atomic mass is 16.2. The van der Waals surface area contributed by atoms with E-state index in [1.165, 1.54) is 10.9 Å². The molecule has 24 heavy (non-hydrogen) atoms. The van der Waals surface area contributed by atoms with Crippen LogP contribution in [0.2, 0.25) is 0 Å². The van der Waals surface area contributed by atoms with Crippen molar-refractivity contribution in [2.24, 2.45) is 0 Å². The predicted octanol–water partition coefficient (Wildman–Crippen LogP) is 1.65. The summed E-state index contributed by atoms with van der Waals surface area (Å²) in [6.45, 7) is 9.30. The zero-order chi connectivity index (χ0) is 16.8. The normalized spacial score (nSPS) is 16.2. The van der Waals surface area contributed by atoms with Gasteiger partial charge in [-0.1, -0.05) is 30.3 Å². The summed E-state index contributed by atoms with van der Waals surface area (Å²) in [5, 5.41) is 4.02. The SMILES string of the molecule is C=CCNC(=O)CN1CCN(Cc2cccc3cccnc23)CC1. The summed E-state index contributed by atoms with van der Waals surface area (Å²) in [6, 6.07) is 10.4. The molecule has 5 heteroatoms. The van der Waals surface area contributed by atoms with Crippen LogP contribution in [0.15, 0.2) is 49.2 Å². The van der Waals surface area contributed by atoms with Crippen LogP contribution in [-0.4, -0.2) is 60.0 Å². The van der Waals surface area contributed by atoms with Gasteiger partial charge in [0.2, 0.25) is 5.91 Å². The number of amides is 1. The van der Waals surface area contributed by atoms with E-state index in [1.54, 1.807) is 6.08 Å². The molecule has 1 aromatic heterocycles. The lowest BCUT2D eigenvalue weighted by Crippen LogP contribution is -2.49. The predicted molar refractivity (Wildman–Crippen MR) is 96.7 cm³/mol. The number of nitrogens with zero attached hydrogens (tertiary/aromatic N) is 3. The average molecular weight is 324 g/mol. The minimum absolute atomic E-state index is 0.0709. The molecule has 1 aliphatic heterocycles. The third kappa shape index (κ3) is 4.19. The highest BCUT2D eigenvalue weighted by Gasteiger charge is 2.19. The van der Waals surface area contributed by atoms with E-state index in [2.05, 4.69) is 50.9 Å². The number of hydrogen-bond donors (Lipinski definition) is 1. The van der Waals surface area contributed by atoms with Gasteiger partial charge in [0.25, 0.3) is 0 Å². The van der Waals surface area contributed by atoms with Crippen LogP contribution >= 0.6 is 0 Å². The lowest BCUT2D eigenvalue weighted by atomic mass is 10.1. The van der Waals surface area contributed by atoms with Crippen LogP contribution in [0.4, 0.5) is 0 Å². The Morgan fingerprint density at radius 1 is 1.17 bits per heavy atom. The molecule has 3 rings (SSSR count). The monoisotopic (exact) mass is 324 g/mol. The fourth-order valence-corrected chi connectivity index (χ4v) is 3.09. The van der Waals surface area contributed by atoms with E-state index >= 15 is 0 Å². The fourth-order valence-electron chi connectivity index (χ4n) is 3.09. The Morgan fingerprint density at radius 3 is 2.71 bits per heavy atom. The summed E-state index contributed by atoms with van der Waals surface area (Å²) in [4.78, 5) is 20.9. The highest BCUT2D eigenvalue weighted by Crippen LogP contribution is 2.18. The molecule has 5 nitrogen and oxygen atoms in total. The van der Waals surface area contributed by atoms with E-state index < -0.39 is 0 Å². The Bertz CT molecular complexity index is 702. The molecule has 126 valence electrons. The second-order valence-electron chi connectivity index (χ2n) is 6.14. The smallest absolute Gasteiger partial charge is 0.234 e. The fraction of sp³-hybridized carbons (Fsp3) is 0.368. The van der Waals surface area contributed by atoms with Crippen molar-refractivity contribution < 1.29 is 4.79 Å². The molecule has 1 N–H and O–H groups in total. The topological polar surface area (TPSA) is 48.5 Å². The number of piperazine rings is 1. The van der Waals surface area contributed by atoms with E-state index in [4.69, 9.17) is 0 Å². The van der Waals surface area contributed by atoms with Crippen LogP contribution in [-0.2, 0) is 11.3 Å². The maximum Gasteiger partial charge on any atom is 0.234 e. The van der Waals surface area contributed by atoms with Crippen LogP contribution in [0.1, 0.15) is 5.56 Å². The molecular weight excluding hydrogens is 300 g/mol. The Balaban J connectivity index is 1.53. The summed E-state index contributed by atoms with van der Waals surface area (Å²) < 4.78 is 0. The van der Waals surface area contributed by atoms with E-state index in [0.717, 1.165) is 38.2 Å². The number of rotatable bonds is 6. The first-order chi connectivity index (χ1) is 11.8. The molecule has 2 heterocycles. The number of fused-ring (bicyclic) bond motifs is 1. The molecule has 0 spiro atoms. The number of aromatic nitrogens is 1. The van der Waals surface area contributed by atoms with Crippen LogP contribution in [0.5, 0.6) is 0 Å². The van der Waals surface area contributed by atoms with Crippen LogP contribution in [0, 0.1) is 0 Å². The second-order valence-corrected chi connectivity index (χ2v) is 6.14. The first kappa shape index (κ1) is 16.6. The van der Waals surface area contributed by atoms with Crippen molar-refractivity contribution in [1.29, 1.82) is 0 Å². The summed E-state index contributed by atoms with van der Waals surface area (Å²) in [5.74, 6) is 0.0709. The van der Waals surface area contributed by atoms with Crippen molar-refractivity contribution in [2.75, 3.05) is 39.3 Å². The lowest BCUT2D eigenvalue weighted by molar-refractivity contribution is -0.122. The molecule has 0 radical (unpaired) electrons. The van der Waals surface area contributed by atoms with Gasteiger partial charge in [0.05, 0.1) is 12.1 Å². The van der Waals surface area contributed by atoms with Crippen molar-refractivity contribution in [1.82, 2.24) is 20.1 Å². The molecule has 0 unspecified atom stereocenters. The summed E-state index contributed by atoms with van der Waals surface area (Å²) in [7, 11) is 0. The Labute approximate surface area is 143 Å². The Hall–Kier alpha value is -2.24. The molecule has 1 aromatic carbocycles. The summed E-state index contributed by atoms with van der Waals surface area (Å²) in [5.41, 5.74) is 2.36.